The van der Waals surface area contributed by atoms with Gasteiger partial charge in [0, 0.05) is 6.07 Å². The highest BCUT2D eigenvalue weighted by Crippen LogP contribution is 2.38. The molecule has 4 aromatic rings. The Labute approximate surface area is 199 Å². The number of ether oxygens (including phenoxy) is 5. The molecule has 0 spiro atoms. The number of rotatable bonds is 7. The van der Waals surface area contributed by atoms with E-state index in [-0.39, 0.29) is 28.0 Å². The van der Waals surface area contributed by atoms with Crippen LogP contribution in [0.15, 0.2) is 70.1 Å². The number of hydrogen-bond donors (Lipinski definition) is 0. The normalized spacial score (nSPS) is 10.6. The zero-order valence-corrected chi connectivity index (χ0v) is 19.2. The van der Waals surface area contributed by atoms with Crippen molar-refractivity contribution in [3.8, 4) is 34.5 Å². The second-order valence-corrected chi connectivity index (χ2v) is 7.33. The molecule has 0 fully saturated rings. The topological polar surface area (TPSA) is 93.4 Å². The molecule has 4 rings (SSSR count). The predicted octanol–water partition coefficient (Wildman–Crippen LogP) is 5.48. The van der Waals surface area contributed by atoms with Gasteiger partial charge in [0.25, 0.3) is 0 Å². The number of carbonyl (C=O) groups excluding carboxylic acids is 1. The van der Waals surface area contributed by atoms with Gasteiger partial charge in [0.15, 0.2) is 11.5 Å². The molecule has 0 aliphatic carbocycles. The fraction of sp³-hybridized carbons (Fsp3) is 0.120. The minimum Gasteiger partial charge on any atom is -0.493 e. The van der Waals surface area contributed by atoms with Gasteiger partial charge in [-0.3, -0.25) is 4.79 Å². The van der Waals surface area contributed by atoms with Crippen molar-refractivity contribution in [1.29, 1.82) is 0 Å². The van der Waals surface area contributed by atoms with E-state index in [1.165, 1.54) is 57.9 Å². The van der Waals surface area contributed by atoms with Gasteiger partial charge in [0.2, 0.25) is 16.9 Å². The molecule has 34 heavy (non-hydrogen) atoms. The van der Waals surface area contributed by atoms with Crippen LogP contribution in [0.3, 0.4) is 0 Å². The van der Waals surface area contributed by atoms with Gasteiger partial charge in [-0.2, -0.15) is 0 Å². The molecule has 174 valence electrons. The highest BCUT2D eigenvalue weighted by Gasteiger charge is 2.19. The van der Waals surface area contributed by atoms with Gasteiger partial charge in [-0.15, -0.1) is 0 Å². The van der Waals surface area contributed by atoms with Crippen LogP contribution in [0.4, 0.5) is 0 Å². The molecule has 0 saturated heterocycles. The third-order valence-electron chi connectivity index (χ3n) is 4.88. The third-order valence-corrected chi connectivity index (χ3v) is 5.19. The Morgan fingerprint density at radius 2 is 1.56 bits per heavy atom. The zero-order valence-electron chi connectivity index (χ0n) is 18.4. The van der Waals surface area contributed by atoms with E-state index >= 15 is 0 Å². The summed E-state index contributed by atoms with van der Waals surface area (Å²) in [6, 6.07) is 14.1. The zero-order chi connectivity index (χ0) is 24.2. The van der Waals surface area contributed by atoms with Crippen molar-refractivity contribution in [3.63, 3.8) is 0 Å². The summed E-state index contributed by atoms with van der Waals surface area (Å²) >= 11 is 6.09. The van der Waals surface area contributed by atoms with Crippen LogP contribution in [0.1, 0.15) is 10.4 Å². The Morgan fingerprint density at radius 1 is 0.853 bits per heavy atom. The number of esters is 1. The van der Waals surface area contributed by atoms with E-state index in [9.17, 15) is 9.59 Å². The van der Waals surface area contributed by atoms with Crippen LogP contribution in [0.2, 0.25) is 5.02 Å². The van der Waals surface area contributed by atoms with E-state index in [0.717, 1.165) is 0 Å². The first-order valence-electron chi connectivity index (χ1n) is 9.95. The van der Waals surface area contributed by atoms with Gasteiger partial charge in [-0.05, 0) is 36.4 Å². The average Bonchev–Trinajstić information content (AvgIpc) is 2.85. The van der Waals surface area contributed by atoms with Crippen LogP contribution < -0.4 is 29.1 Å². The summed E-state index contributed by atoms with van der Waals surface area (Å²) in [5.74, 6) is 0.779. The number of carbonyl (C=O) groups is 1. The lowest BCUT2D eigenvalue weighted by Crippen LogP contribution is -2.10. The van der Waals surface area contributed by atoms with E-state index in [2.05, 4.69) is 0 Å². The van der Waals surface area contributed by atoms with E-state index in [4.69, 9.17) is 39.7 Å². The molecule has 0 saturated carbocycles. The third kappa shape index (κ3) is 4.49. The molecule has 0 radical (unpaired) electrons. The molecular formula is C25H19ClO8. The van der Waals surface area contributed by atoms with Gasteiger partial charge in [-0.1, -0.05) is 23.7 Å². The van der Waals surface area contributed by atoms with Crippen molar-refractivity contribution in [2.45, 2.75) is 0 Å². The number of halogens is 1. The lowest BCUT2D eigenvalue weighted by molar-refractivity contribution is 0.0734. The molecule has 3 aromatic carbocycles. The summed E-state index contributed by atoms with van der Waals surface area (Å²) in [5, 5.41) is 0.605. The van der Waals surface area contributed by atoms with Crippen molar-refractivity contribution in [2.24, 2.45) is 0 Å². The van der Waals surface area contributed by atoms with Crippen molar-refractivity contribution in [1.82, 2.24) is 0 Å². The molecule has 1 heterocycles. The Kier molecular flexibility index (Phi) is 6.60. The summed E-state index contributed by atoms with van der Waals surface area (Å²) in [6.07, 6.45) is 1.18. The summed E-state index contributed by atoms with van der Waals surface area (Å²) in [6.45, 7) is 0. The van der Waals surface area contributed by atoms with E-state index < -0.39 is 11.4 Å². The molecule has 9 heteroatoms. The summed E-state index contributed by atoms with van der Waals surface area (Å²) < 4.78 is 32.4. The Bertz CT molecular complexity index is 1400. The molecule has 8 nitrogen and oxygen atoms in total. The first kappa shape index (κ1) is 23.0. The molecule has 0 unspecified atom stereocenters. The molecule has 0 aliphatic heterocycles. The predicted molar refractivity (Wildman–Crippen MR) is 125 cm³/mol. The number of fused-ring (bicyclic) bond motifs is 1. The Balaban J connectivity index is 1.61. The first-order valence-corrected chi connectivity index (χ1v) is 10.3. The van der Waals surface area contributed by atoms with Crippen LogP contribution >= 0.6 is 11.6 Å². The van der Waals surface area contributed by atoms with E-state index in [0.29, 0.717) is 28.0 Å². The monoisotopic (exact) mass is 482 g/mol. The van der Waals surface area contributed by atoms with Crippen molar-refractivity contribution in [3.05, 3.63) is 81.7 Å². The second-order valence-electron chi connectivity index (χ2n) is 6.92. The minimum absolute atomic E-state index is 0.0252. The quantitative estimate of drug-likeness (QED) is 0.252. The SMILES string of the molecule is COc1cc(C(=O)Oc2ccc3c(=O)c(Oc4ccccc4Cl)coc3c2)cc(OC)c1OC. The lowest BCUT2D eigenvalue weighted by atomic mass is 10.1. The number of para-hydroxylation sites is 1. The first-order chi connectivity index (χ1) is 16.4. The van der Waals surface area contributed by atoms with Gasteiger partial charge in [-0.25, -0.2) is 4.79 Å². The van der Waals surface area contributed by atoms with Gasteiger partial charge >= 0.3 is 5.97 Å². The standard InChI is InChI=1S/C25H19ClO8/c1-29-20-10-14(11-21(30-2)24(20)31-3)25(28)33-15-8-9-16-19(12-15)32-13-22(23(16)27)34-18-7-5-4-6-17(18)26/h4-13H,1-3H3. The van der Waals surface area contributed by atoms with Crippen molar-refractivity contribution < 1.29 is 32.9 Å². The Hall–Kier alpha value is -4.17. The van der Waals surface area contributed by atoms with Crippen molar-refractivity contribution >= 4 is 28.5 Å². The van der Waals surface area contributed by atoms with Crippen LogP contribution in [0, 0.1) is 0 Å². The number of hydrogen-bond acceptors (Lipinski definition) is 8. The summed E-state index contributed by atoms with van der Waals surface area (Å²) in [5.41, 5.74) is -0.00471. The second kappa shape index (κ2) is 9.76. The van der Waals surface area contributed by atoms with Crippen LogP contribution in [0.5, 0.6) is 34.5 Å². The van der Waals surface area contributed by atoms with Gasteiger partial charge in [0.1, 0.15) is 23.3 Å². The fourth-order valence-corrected chi connectivity index (χ4v) is 3.41. The van der Waals surface area contributed by atoms with Gasteiger partial charge < -0.3 is 28.1 Å². The summed E-state index contributed by atoms with van der Waals surface area (Å²) in [7, 11) is 4.36. The van der Waals surface area contributed by atoms with Crippen LogP contribution in [-0.4, -0.2) is 27.3 Å². The van der Waals surface area contributed by atoms with E-state index in [1.807, 2.05) is 0 Å². The largest absolute Gasteiger partial charge is 0.493 e. The summed E-state index contributed by atoms with van der Waals surface area (Å²) in [4.78, 5) is 25.6. The Morgan fingerprint density at radius 3 is 2.21 bits per heavy atom. The molecule has 0 aliphatic rings. The highest BCUT2D eigenvalue weighted by molar-refractivity contribution is 6.32. The maximum Gasteiger partial charge on any atom is 0.343 e. The highest BCUT2D eigenvalue weighted by atomic mass is 35.5. The van der Waals surface area contributed by atoms with Crippen LogP contribution in [0.25, 0.3) is 11.0 Å². The minimum atomic E-state index is -0.667. The molecule has 0 N–H and O–H groups in total. The van der Waals surface area contributed by atoms with Crippen molar-refractivity contribution in [2.75, 3.05) is 21.3 Å². The van der Waals surface area contributed by atoms with Crippen LogP contribution in [-0.2, 0) is 0 Å². The fourth-order valence-electron chi connectivity index (χ4n) is 3.24. The molecule has 1 aromatic heterocycles. The maximum absolute atomic E-state index is 12.8. The average molecular weight is 483 g/mol. The number of benzene rings is 3. The lowest BCUT2D eigenvalue weighted by Gasteiger charge is -2.13. The smallest absolute Gasteiger partial charge is 0.343 e. The van der Waals surface area contributed by atoms with E-state index in [1.54, 1.807) is 24.3 Å². The molecule has 0 amide bonds. The maximum atomic E-state index is 12.8. The van der Waals surface area contributed by atoms with Gasteiger partial charge in [0.05, 0.1) is 37.3 Å². The number of methoxy groups -OCH3 is 3. The molecular weight excluding hydrogens is 464 g/mol. The molecule has 0 atom stereocenters. The molecule has 0 bridgehead atoms.